The summed E-state index contributed by atoms with van der Waals surface area (Å²) in [4.78, 5) is 21.2. The first-order valence-corrected chi connectivity index (χ1v) is 4.07. The van der Waals surface area contributed by atoms with Gasteiger partial charge in [-0.25, -0.2) is 4.79 Å². The van der Waals surface area contributed by atoms with Crippen molar-refractivity contribution in [2.45, 2.75) is 0 Å². The van der Waals surface area contributed by atoms with E-state index < -0.39 is 5.97 Å². The second-order valence-electron chi connectivity index (χ2n) is 2.64. The molecule has 0 N–H and O–H groups in total. The van der Waals surface area contributed by atoms with E-state index >= 15 is 0 Å². The predicted octanol–water partition coefficient (Wildman–Crippen LogP) is 1.69. The molecule has 0 fully saturated rings. The summed E-state index contributed by atoms with van der Waals surface area (Å²) in [5.41, 5.74) is 1.37. The average Bonchev–Trinajstić information content (AvgIpc) is 2.26. The van der Waals surface area contributed by atoms with Gasteiger partial charge in [0, 0.05) is 11.6 Å². The first kappa shape index (κ1) is 10.2. The predicted molar refractivity (Wildman–Crippen MR) is 52.9 cm³/mol. The molecule has 0 saturated heterocycles. The zero-order valence-electron chi connectivity index (χ0n) is 7.77. The summed E-state index contributed by atoms with van der Waals surface area (Å²) in [7, 11) is 1.31. The van der Waals surface area contributed by atoms with Crippen LogP contribution in [0.3, 0.4) is 0 Å². The summed E-state index contributed by atoms with van der Waals surface area (Å²) >= 11 is 0. The van der Waals surface area contributed by atoms with Gasteiger partial charge < -0.3 is 4.74 Å². The van der Waals surface area contributed by atoms with Crippen molar-refractivity contribution in [3.8, 4) is 0 Å². The Bertz CT molecular complexity index is 367. The molecule has 0 radical (unpaired) electrons. The number of aldehydes is 1. The normalized spacial score (nSPS) is 10.1. The molecule has 0 aliphatic carbocycles. The van der Waals surface area contributed by atoms with Gasteiger partial charge in [-0.05, 0) is 17.7 Å². The van der Waals surface area contributed by atoms with Crippen LogP contribution in [0.2, 0.25) is 0 Å². The highest BCUT2D eigenvalue weighted by atomic mass is 16.5. The monoisotopic (exact) mass is 190 g/mol. The van der Waals surface area contributed by atoms with Gasteiger partial charge in [0.15, 0.2) is 0 Å². The van der Waals surface area contributed by atoms with E-state index in [0.717, 1.165) is 11.8 Å². The van der Waals surface area contributed by atoms with E-state index in [-0.39, 0.29) is 0 Å². The fourth-order valence-electron chi connectivity index (χ4n) is 0.968. The minimum atomic E-state index is -0.415. The van der Waals surface area contributed by atoms with Crippen LogP contribution in [0, 0.1) is 0 Å². The van der Waals surface area contributed by atoms with Crippen LogP contribution in [0.15, 0.2) is 30.3 Å². The minimum Gasteiger partial charge on any atom is -0.466 e. The van der Waals surface area contributed by atoms with Crippen molar-refractivity contribution in [2.24, 2.45) is 0 Å². The zero-order chi connectivity index (χ0) is 10.4. The Morgan fingerprint density at radius 3 is 2.71 bits per heavy atom. The Balaban J connectivity index is 2.81. The van der Waals surface area contributed by atoms with Crippen molar-refractivity contribution in [3.63, 3.8) is 0 Å². The average molecular weight is 190 g/mol. The molecule has 0 amide bonds. The lowest BCUT2D eigenvalue weighted by molar-refractivity contribution is -0.134. The third-order valence-electron chi connectivity index (χ3n) is 1.66. The molecule has 0 aliphatic rings. The highest BCUT2D eigenvalue weighted by molar-refractivity contribution is 5.87. The summed E-state index contributed by atoms with van der Waals surface area (Å²) in [6, 6.07) is 6.93. The number of esters is 1. The van der Waals surface area contributed by atoms with Crippen molar-refractivity contribution in [2.75, 3.05) is 7.11 Å². The zero-order valence-corrected chi connectivity index (χ0v) is 7.77. The van der Waals surface area contributed by atoms with E-state index in [1.54, 1.807) is 30.3 Å². The Morgan fingerprint density at radius 1 is 1.36 bits per heavy atom. The maximum absolute atomic E-state index is 10.8. The van der Waals surface area contributed by atoms with E-state index in [1.165, 1.54) is 13.2 Å². The topological polar surface area (TPSA) is 43.4 Å². The van der Waals surface area contributed by atoms with E-state index in [4.69, 9.17) is 0 Å². The number of hydrogen-bond donors (Lipinski definition) is 0. The van der Waals surface area contributed by atoms with E-state index in [0.29, 0.717) is 5.56 Å². The van der Waals surface area contributed by atoms with Gasteiger partial charge in [-0.3, -0.25) is 4.79 Å². The van der Waals surface area contributed by atoms with Gasteiger partial charge in [0.25, 0.3) is 0 Å². The molecule has 1 rings (SSSR count). The molecule has 14 heavy (non-hydrogen) atoms. The summed E-state index contributed by atoms with van der Waals surface area (Å²) in [6.07, 6.45) is 3.66. The van der Waals surface area contributed by atoms with E-state index in [9.17, 15) is 9.59 Å². The van der Waals surface area contributed by atoms with Crippen LogP contribution in [0.4, 0.5) is 0 Å². The second-order valence-corrected chi connectivity index (χ2v) is 2.64. The Kier molecular flexibility index (Phi) is 3.61. The molecular weight excluding hydrogens is 180 g/mol. The number of ether oxygens (including phenoxy) is 1. The van der Waals surface area contributed by atoms with Gasteiger partial charge in [0.2, 0.25) is 0 Å². The van der Waals surface area contributed by atoms with Gasteiger partial charge >= 0.3 is 5.97 Å². The minimum absolute atomic E-state index is 0.415. The lowest BCUT2D eigenvalue weighted by Gasteiger charge is -1.94. The lowest BCUT2D eigenvalue weighted by atomic mass is 10.1. The summed E-state index contributed by atoms with van der Waals surface area (Å²) < 4.78 is 4.43. The van der Waals surface area contributed by atoms with Crippen molar-refractivity contribution in [1.82, 2.24) is 0 Å². The van der Waals surface area contributed by atoms with Crippen LogP contribution in [0.1, 0.15) is 15.9 Å². The summed E-state index contributed by atoms with van der Waals surface area (Å²) in [5.74, 6) is -0.415. The number of benzene rings is 1. The first-order valence-electron chi connectivity index (χ1n) is 4.07. The Hall–Kier alpha value is -1.90. The molecule has 3 nitrogen and oxygen atoms in total. The number of carbonyl (C=O) groups excluding carboxylic acids is 2. The maximum atomic E-state index is 10.8. The van der Waals surface area contributed by atoms with Crippen molar-refractivity contribution < 1.29 is 14.3 Å². The molecule has 0 heterocycles. The fourth-order valence-corrected chi connectivity index (χ4v) is 0.968. The van der Waals surface area contributed by atoms with Gasteiger partial charge in [-0.2, -0.15) is 0 Å². The van der Waals surface area contributed by atoms with Crippen molar-refractivity contribution in [3.05, 3.63) is 41.5 Å². The Morgan fingerprint density at radius 2 is 2.07 bits per heavy atom. The van der Waals surface area contributed by atoms with Crippen LogP contribution in [0.5, 0.6) is 0 Å². The van der Waals surface area contributed by atoms with Crippen molar-refractivity contribution >= 4 is 18.3 Å². The molecular formula is C11H10O3. The third-order valence-corrected chi connectivity index (χ3v) is 1.66. The molecule has 3 heteroatoms. The molecule has 0 bridgehead atoms. The smallest absolute Gasteiger partial charge is 0.330 e. The van der Waals surface area contributed by atoms with Gasteiger partial charge in [-0.15, -0.1) is 0 Å². The van der Waals surface area contributed by atoms with Crippen molar-refractivity contribution in [1.29, 1.82) is 0 Å². The van der Waals surface area contributed by atoms with Crippen LogP contribution < -0.4 is 0 Å². The molecule has 1 aromatic rings. The molecule has 1 aromatic carbocycles. The molecule has 0 unspecified atom stereocenters. The fraction of sp³-hybridized carbons (Fsp3) is 0.0909. The second kappa shape index (κ2) is 4.97. The van der Waals surface area contributed by atoms with E-state index in [2.05, 4.69) is 4.74 Å². The summed E-state index contributed by atoms with van der Waals surface area (Å²) in [6.45, 7) is 0. The van der Waals surface area contributed by atoms with Crippen LogP contribution in [-0.4, -0.2) is 19.4 Å². The standard InChI is InChI=1S/C11H10O3/c1-14-11(13)6-5-9-3-2-4-10(7-9)8-12/h2-8H,1H3/b6-5+. The first-order chi connectivity index (χ1) is 6.76. The quantitative estimate of drug-likeness (QED) is 0.414. The van der Waals surface area contributed by atoms with Gasteiger partial charge in [-0.1, -0.05) is 18.2 Å². The SMILES string of the molecule is COC(=O)/C=C/c1cccc(C=O)c1. The van der Waals surface area contributed by atoms with Gasteiger partial charge in [0.05, 0.1) is 7.11 Å². The largest absolute Gasteiger partial charge is 0.466 e. The van der Waals surface area contributed by atoms with Crippen LogP contribution in [-0.2, 0) is 9.53 Å². The highest BCUT2D eigenvalue weighted by Crippen LogP contribution is 2.05. The number of rotatable bonds is 3. The molecule has 0 saturated carbocycles. The maximum Gasteiger partial charge on any atom is 0.330 e. The number of hydrogen-bond acceptors (Lipinski definition) is 3. The molecule has 0 atom stereocenters. The molecule has 72 valence electrons. The number of methoxy groups -OCH3 is 1. The Labute approximate surface area is 82.0 Å². The van der Waals surface area contributed by atoms with E-state index in [1.807, 2.05) is 0 Å². The summed E-state index contributed by atoms with van der Waals surface area (Å²) in [5, 5.41) is 0. The molecule has 0 aromatic heterocycles. The highest BCUT2D eigenvalue weighted by Gasteiger charge is 1.93. The lowest BCUT2D eigenvalue weighted by Crippen LogP contribution is -1.93. The van der Waals surface area contributed by atoms with Crippen LogP contribution in [0.25, 0.3) is 6.08 Å². The van der Waals surface area contributed by atoms with Gasteiger partial charge in [0.1, 0.15) is 6.29 Å². The molecule has 0 spiro atoms. The third kappa shape index (κ3) is 2.86. The molecule has 0 aliphatic heterocycles. The van der Waals surface area contributed by atoms with Crippen LogP contribution >= 0.6 is 0 Å². The number of carbonyl (C=O) groups is 2.